The number of imide groups is 1. The summed E-state index contributed by atoms with van der Waals surface area (Å²) in [5.74, 6) is -0.978. The van der Waals surface area contributed by atoms with Crippen molar-refractivity contribution in [3.8, 4) is 0 Å². The second kappa shape index (κ2) is 18.0. The molecule has 3 unspecified atom stereocenters. The molecule has 0 bridgehead atoms. The predicted octanol–water partition coefficient (Wildman–Crippen LogP) is 3.05. The zero-order valence-electron chi connectivity index (χ0n) is 23.3. The fraction of sp³-hybridized carbons (Fsp3) is 0.739. The maximum atomic E-state index is 13.3. The molecule has 2 amide bonds. The third-order valence-corrected chi connectivity index (χ3v) is 7.87. The van der Waals surface area contributed by atoms with Gasteiger partial charge in [0.25, 0.3) is 5.91 Å². The topological polar surface area (TPSA) is 150 Å². The van der Waals surface area contributed by atoms with Gasteiger partial charge in [0.05, 0.1) is 25.4 Å². The molecule has 3 atom stereocenters. The van der Waals surface area contributed by atoms with Crippen LogP contribution in [0.4, 0.5) is 0 Å². The number of carbonyl (C=O) groups is 4. The van der Waals surface area contributed by atoms with E-state index in [0.29, 0.717) is 0 Å². The normalized spacial score (nSPS) is 15.4. The number of nitrogens with one attached hydrogen (secondary N) is 2. The van der Waals surface area contributed by atoms with Gasteiger partial charge in [0.2, 0.25) is 6.41 Å². The first-order valence-electron chi connectivity index (χ1n) is 11.9. The second-order valence-electron chi connectivity index (χ2n) is 9.48. The molecule has 38 heavy (non-hydrogen) atoms. The lowest BCUT2D eigenvalue weighted by molar-refractivity contribution is -0.146. The van der Waals surface area contributed by atoms with E-state index in [1.807, 2.05) is 5.32 Å². The molecular weight excluding hydrogens is 561 g/mol. The van der Waals surface area contributed by atoms with Crippen LogP contribution in [0.1, 0.15) is 48.0 Å². The fourth-order valence-corrected chi connectivity index (χ4v) is 4.95. The van der Waals surface area contributed by atoms with Crippen molar-refractivity contribution in [1.82, 2.24) is 15.3 Å². The number of esters is 1. The van der Waals surface area contributed by atoms with Crippen LogP contribution in [0.5, 0.6) is 0 Å². The van der Waals surface area contributed by atoms with Gasteiger partial charge in [0.15, 0.2) is 5.12 Å². The first-order valence-corrected chi connectivity index (χ1v) is 14.8. The van der Waals surface area contributed by atoms with Crippen LogP contribution >= 0.6 is 31.1 Å². The molecule has 220 valence electrons. The van der Waals surface area contributed by atoms with E-state index >= 15 is 0 Å². The summed E-state index contributed by atoms with van der Waals surface area (Å²) < 4.78 is 34.8. The van der Waals surface area contributed by atoms with Crippen molar-refractivity contribution in [2.24, 2.45) is 5.41 Å². The third-order valence-electron chi connectivity index (χ3n) is 4.58. The molecule has 12 nitrogen and oxygen atoms in total. The number of thioether (sulfide) groups is 1. The highest BCUT2D eigenvalue weighted by Gasteiger charge is 2.29. The van der Waals surface area contributed by atoms with E-state index in [1.165, 1.54) is 20.2 Å². The number of halogens is 1. The lowest BCUT2D eigenvalue weighted by Crippen LogP contribution is -2.32. The monoisotopic (exact) mass is 601 g/mol. The van der Waals surface area contributed by atoms with Gasteiger partial charge in [-0.25, -0.2) is 9.65 Å². The zero-order valence-corrected chi connectivity index (χ0v) is 25.7. The van der Waals surface area contributed by atoms with Gasteiger partial charge in [-0.1, -0.05) is 44.1 Å². The van der Waals surface area contributed by atoms with E-state index in [-0.39, 0.29) is 48.6 Å². The Labute approximate surface area is 234 Å². The molecule has 0 rings (SSSR count). The summed E-state index contributed by atoms with van der Waals surface area (Å²) in [7, 11) is -0.950. The Bertz CT molecular complexity index is 868. The van der Waals surface area contributed by atoms with Gasteiger partial charge in [-0.3, -0.25) is 33.5 Å². The van der Waals surface area contributed by atoms with Crippen molar-refractivity contribution in [3.63, 3.8) is 0 Å². The highest BCUT2D eigenvalue weighted by Crippen LogP contribution is 2.44. The zero-order chi connectivity index (χ0) is 29.5. The minimum Gasteiger partial charge on any atom is -0.462 e. The Morgan fingerprint density at radius 2 is 1.82 bits per heavy atom. The summed E-state index contributed by atoms with van der Waals surface area (Å²) in [4.78, 5) is 47.8. The summed E-state index contributed by atoms with van der Waals surface area (Å²) >= 11 is 7.48. The molecule has 0 aromatic carbocycles. The molecule has 0 aliphatic rings. The molecule has 0 heterocycles. The Balaban J connectivity index is 5.21. The lowest BCUT2D eigenvalue weighted by atomic mass is 10.00. The molecule has 2 N–H and O–H groups in total. The number of ether oxygens (including phenoxy) is 2. The molecule has 0 aliphatic carbocycles. The number of amides is 2. The maximum absolute atomic E-state index is 13.3. The minimum absolute atomic E-state index is 0.0463. The minimum atomic E-state index is -4.00. The van der Waals surface area contributed by atoms with Crippen LogP contribution in [0.3, 0.4) is 0 Å². The standard InChI is InChI=1S/C23H41ClN3O9PS/c1-16(2)36-20(29)12-26-37(32,34-9-10-38-22(31)23(4,5)6)35-14-18(33-8)11-19(24)27(7)13-17(3)21(30)25-15-28/h13,15-16,18-19H,9-12,14H2,1-8H3,(H,26,32)(H,25,28,30)/b17-13-. The van der Waals surface area contributed by atoms with Gasteiger partial charge in [-0.15, -0.1) is 0 Å². The highest BCUT2D eigenvalue weighted by atomic mass is 35.5. The van der Waals surface area contributed by atoms with Crippen molar-refractivity contribution in [1.29, 1.82) is 0 Å². The lowest BCUT2D eigenvalue weighted by Gasteiger charge is -2.27. The van der Waals surface area contributed by atoms with E-state index in [1.54, 1.807) is 46.6 Å². The number of hydrogen-bond donors (Lipinski definition) is 2. The SMILES string of the molecule is COC(COP(=O)(NCC(=O)OC(C)C)OCCSC(=O)C(C)(C)C)CC(Cl)N(C)/C=C(/C)C(=O)NC=O. The molecule has 0 saturated heterocycles. The second-order valence-corrected chi connectivity index (χ2v) is 12.9. The van der Waals surface area contributed by atoms with E-state index < -0.39 is 43.2 Å². The van der Waals surface area contributed by atoms with E-state index in [4.69, 9.17) is 30.1 Å². The summed E-state index contributed by atoms with van der Waals surface area (Å²) in [6.07, 6.45) is 0.947. The first kappa shape index (κ1) is 36.5. The van der Waals surface area contributed by atoms with Crippen LogP contribution in [0.25, 0.3) is 0 Å². The van der Waals surface area contributed by atoms with Gasteiger partial charge in [-0.05, 0) is 20.8 Å². The van der Waals surface area contributed by atoms with Crippen molar-refractivity contribution in [2.75, 3.05) is 39.7 Å². The average molecular weight is 602 g/mol. The van der Waals surface area contributed by atoms with Crippen molar-refractivity contribution in [2.45, 2.75) is 65.7 Å². The fourth-order valence-electron chi connectivity index (χ4n) is 2.51. The van der Waals surface area contributed by atoms with Crippen LogP contribution in [0, 0.1) is 5.41 Å². The molecule has 0 aliphatic heterocycles. The molecule has 0 saturated carbocycles. The summed E-state index contributed by atoms with van der Waals surface area (Å²) in [6.45, 7) is 9.56. The Kier molecular flexibility index (Phi) is 17.3. The summed E-state index contributed by atoms with van der Waals surface area (Å²) in [6, 6.07) is 0. The number of methoxy groups -OCH3 is 1. The Morgan fingerprint density at radius 1 is 1.18 bits per heavy atom. The average Bonchev–Trinajstić information content (AvgIpc) is 2.82. The number of hydrogen-bond acceptors (Lipinski definition) is 11. The quantitative estimate of drug-likeness (QED) is 0.0452. The van der Waals surface area contributed by atoms with E-state index in [2.05, 4.69) is 5.09 Å². The summed E-state index contributed by atoms with van der Waals surface area (Å²) in [5.41, 5.74) is -0.933. The van der Waals surface area contributed by atoms with Gasteiger partial charge in [-0.2, -0.15) is 0 Å². The van der Waals surface area contributed by atoms with E-state index in [0.717, 1.165) is 11.8 Å². The Hall–Kier alpha value is -1.47. The molecule has 0 aromatic heterocycles. The molecule has 15 heteroatoms. The first-order chi connectivity index (χ1) is 17.5. The number of alkyl halides is 1. The highest BCUT2D eigenvalue weighted by molar-refractivity contribution is 8.13. The molecular formula is C23H41ClN3O9PS. The van der Waals surface area contributed by atoms with Gasteiger partial charge in [0, 0.05) is 43.5 Å². The largest absolute Gasteiger partial charge is 0.462 e. The van der Waals surface area contributed by atoms with E-state index in [9.17, 15) is 23.7 Å². The smallest absolute Gasteiger partial charge is 0.406 e. The van der Waals surface area contributed by atoms with Crippen molar-refractivity contribution in [3.05, 3.63) is 11.8 Å². The van der Waals surface area contributed by atoms with Crippen LogP contribution in [0.15, 0.2) is 11.8 Å². The number of nitrogens with zero attached hydrogens (tertiary/aromatic N) is 1. The molecule has 0 aromatic rings. The predicted molar refractivity (Wildman–Crippen MR) is 146 cm³/mol. The van der Waals surface area contributed by atoms with Gasteiger partial charge < -0.3 is 14.4 Å². The van der Waals surface area contributed by atoms with Gasteiger partial charge >= 0.3 is 13.7 Å². The molecule has 0 spiro atoms. The van der Waals surface area contributed by atoms with Crippen LogP contribution < -0.4 is 10.4 Å². The van der Waals surface area contributed by atoms with Crippen molar-refractivity contribution >= 4 is 54.5 Å². The van der Waals surface area contributed by atoms with Crippen LogP contribution in [0.2, 0.25) is 0 Å². The molecule has 0 radical (unpaired) electrons. The summed E-state index contributed by atoms with van der Waals surface area (Å²) in [5, 5.41) is 4.48. The van der Waals surface area contributed by atoms with Crippen LogP contribution in [-0.4, -0.2) is 85.7 Å². The van der Waals surface area contributed by atoms with Crippen molar-refractivity contribution < 1.29 is 42.3 Å². The third kappa shape index (κ3) is 15.8. The number of rotatable bonds is 18. The number of carbonyl (C=O) groups excluding carboxylic acids is 4. The van der Waals surface area contributed by atoms with Gasteiger partial charge in [0.1, 0.15) is 12.0 Å². The molecule has 0 fully saturated rings. The van der Waals surface area contributed by atoms with Crippen LogP contribution in [-0.2, 0) is 42.3 Å². The maximum Gasteiger partial charge on any atom is 0.406 e. The Morgan fingerprint density at radius 3 is 2.34 bits per heavy atom.